The monoisotopic (exact) mass is 275 g/mol. The summed E-state index contributed by atoms with van der Waals surface area (Å²) in [5.41, 5.74) is 0.926. The van der Waals surface area contributed by atoms with Crippen LogP contribution in [0.5, 0.6) is 0 Å². The first-order valence-corrected chi connectivity index (χ1v) is 7.83. The molecular weight excluding hydrogens is 250 g/mol. The molecule has 4 nitrogen and oxygen atoms in total. The fourth-order valence-corrected chi connectivity index (χ4v) is 3.76. The van der Waals surface area contributed by atoms with Crippen LogP contribution in [0.4, 0.5) is 0 Å². The lowest BCUT2D eigenvalue weighted by molar-refractivity contribution is -0.124. The molecule has 110 valence electrons. The Hall–Kier alpha value is -1.16. The molecule has 0 spiro atoms. The summed E-state index contributed by atoms with van der Waals surface area (Å²) in [5.74, 6) is 0.650. The molecule has 20 heavy (non-hydrogen) atoms. The van der Waals surface area contributed by atoms with Crippen LogP contribution in [0.1, 0.15) is 51.3 Å². The van der Waals surface area contributed by atoms with Crippen LogP contribution in [0.2, 0.25) is 0 Å². The zero-order valence-electron chi connectivity index (χ0n) is 12.7. The molecule has 1 aromatic rings. The van der Waals surface area contributed by atoms with Gasteiger partial charge in [-0.15, -0.1) is 0 Å². The van der Waals surface area contributed by atoms with Crippen LogP contribution >= 0.6 is 0 Å². The van der Waals surface area contributed by atoms with E-state index in [-0.39, 0.29) is 5.92 Å². The standard InChI is InChI=1S/C16H25N3O/c1-11(2)19-7-6-13(17-19)10-16(20)12-8-14-4-5-15(9-12)18(14)3/h6-7,11-12,14-15H,4-5,8-10H2,1-3H3. The lowest BCUT2D eigenvalue weighted by atomic mass is 9.86. The highest BCUT2D eigenvalue weighted by molar-refractivity contribution is 5.83. The van der Waals surface area contributed by atoms with Crippen LogP contribution in [-0.2, 0) is 11.2 Å². The molecule has 0 aromatic carbocycles. The topological polar surface area (TPSA) is 38.1 Å². The molecule has 2 bridgehead atoms. The molecule has 2 unspecified atom stereocenters. The molecule has 0 amide bonds. The molecule has 4 heteroatoms. The Kier molecular flexibility index (Phi) is 3.67. The molecule has 0 N–H and O–H groups in total. The van der Waals surface area contributed by atoms with Crippen molar-refractivity contribution in [3.05, 3.63) is 18.0 Å². The number of rotatable bonds is 4. The Morgan fingerprint density at radius 2 is 2.00 bits per heavy atom. The third-order valence-corrected chi connectivity index (χ3v) is 5.10. The fourth-order valence-electron chi connectivity index (χ4n) is 3.76. The highest BCUT2D eigenvalue weighted by Gasteiger charge is 2.40. The minimum absolute atomic E-state index is 0.257. The quantitative estimate of drug-likeness (QED) is 0.847. The second-order valence-electron chi connectivity index (χ2n) is 6.74. The Balaban J connectivity index is 1.62. The van der Waals surface area contributed by atoms with E-state index in [0.717, 1.165) is 18.5 Å². The number of nitrogens with zero attached hydrogens (tertiary/aromatic N) is 3. The van der Waals surface area contributed by atoms with Crippen molar-refractivity contribution >= 4 is 5.78 Å². The van der Waals surface area contributed by atoms with E-state index in [1.807, 2.05) is 16.9 Å². The van der Waals surface area contributed by atoms with E-state index in [0.29, 0.717) is 30.3 Å². The summed E-state index contributed by atoms with van der Waals surface area (Å²) in [4.78, 5) is 15.0. The van der Waals surface area contributed by atoms with Gasteiger partial charge in [-0.1, -0.05) is 0 Å². The highest BCUT2D eigenvalue weighted by atomic mass is 16.1. The van der Waals surface area contributed by atoms with Gasteiger partial charge in [0.15, 0.2) is 0 Å². The van der Waals surface area contributed by atoms with Crippen LogP contribution in [0.3, 0.4) is 0 Å². The number of aromatic nitrogens is 2. The second-order valence-corrected chi connectivity index (χ2v) is 6.74. The maximum absolute atomic E-state index is 12.5. The molecule has 3 rings (SSSR count). The molecule has 1 aromatic heterocycles. The summed E-state index contributed by atoms with van der Waals surface area (Å²) in [7, 11) is 2.22. The lowest BCUT2D eigenvalue weighted by Crippen LogP contribution is -2.42. The first-order valence-electron chi connectivity index (χ1n) is 7.83. The third-order valence-electron chi connectivity index (χ3n) is 5.10. The number of hydrogen-bond donors (Lipinski definition) is 0. The largest absolute Gasteiger partial charge is 0.300 e. The minimum atomic E-state index is 0.257. The molecule has 2 atom stereocenters. The van der Waals surface area contributed by atoms with Crippen molar-refractivity contribution in [2.75, 3.05) is 7.05 Å². The molecule has 3 heterocycles. The molecule has 2 fully saturated rings. The summed E-state index contributed by atoms with van der Waals surface area (Å²) in [5, 5.41) is 4.50. The average molecular weight is 275 g/mol. The van der Waals surface area contributed by atoms with Crippen LogP contribution in [0.15, 0.2) is 12.3 Å². The van der Waals surface area contributed by atoms with E-state index in [9.17, 15) is 4.79 Å². The number of Topliss-reactive ketones (excluding diaryl/α,β-unsaturated/α-hetero) is 1. The Morgan fingerprint density at radius 3 is 2.55 bits per heavy atom. The summed E-state index contributed by atoms with van der Waals surface area (Å²) >= 11 is 0. The van der Waals surface area contributed by atoms with Gasteiger partial charge in [0, 0.05) is 30.2 Å². The van der Waals surface area contributed by atoms with Crippen molar-refractivity contribution in [2.24, 2.45) is 5.92 Å². The summed E-state index contributed by atoms with van der Waals surface area (Å²) < 4.78 is 1.93. The van der Waals surface area contributed by atoms with Gasteiger partial charge in [-0.3, -0.25) is 9.48 Å². The number of carbonyl (C=O) groups excluding carboxylic acids is 1. The Labute approximate surface area is 121 Å². The summed E-state index contributed by atoms with van der Waals surface area (Å²) in [6.07, 6.45) is 7.13. The summed E-state index contributed by atoms with van der Waals surface area (Å²) in [6, 6.07) is 3.62. The number of piperidine rings is 1. The van der Waals surface area contributed by atoms with Crippen molar-refractivity contribution in [2.45, 2.75) is 64.1 Å². The van der Waals surface area contributed by atoms with Gasteiger partial charge in [0.2, 0.25) is 0 Å². The molecular formula is C16H25N3O. The fraction of sp³-hybridized carbons (Fsp3) is 0.750. The second kappa shape index (κ2) is 5.32. The number of carbonyl (C=O) groups is 1. The first kappa shape index (κ1) is 13.8. The van der Waals surface area contributed by atoms with Crippen molar-refractivity contribution < 1.29 is 4.79 Å². The first-order chi connectivity index (χ1) is 9.54. The van der Waals surface area contributed by atoms with Gasteiger partial charge < -0.3 is 4.90 Å². The van der Waals surface area contributed by atoms with Gasteiger partial charge in [-0.05, 0) is 52.6 Å². The molecule has 2 saturated heterocycles. The maximum Gasteiger partial charge on any atom is 0.142 e. The normalized spacial score (nSPS) is 30.1. The SMILES string of the molecule is CC(C)n1ccc(CC(=O)C2CC3CCC(C2)N3C)n1. The molecule has 0 radical (unpaired) electrons. The van der Waals surface area contributed by atoms with Crippen molar-refractivity contribution in [1.29, 1.82) is 0 Å². The van der Waals surface area contributed by atoms with E-state index < -0.39 is 0 Å². The van der Waals surface area contributed by atoms with Crippen LogP contribution in [0.25, 0.3) is 0 Å². The number of hydrogen-bond acceptors (Lipinski definition) is 3. The van der Waals surface area contributed by atoms with Gasteiger partial charge in [0.1, 0.15) is 5.78 Å². The zero-order chi connectivity index (χ0) is 14.3. The Bertz CT molecular complexity index is 480. The highest BCUT2D eigenvalue weighted by Crippen LogP contribution is 2.38. The maximum atomic E-state index is 12.5. The zero-order valence-corrected chi connectivity index (χ0v) is 12.7. The van der Waals surface area contributed by atoms with E-state index >= 15 is 0 Å². The van der Waals surface area contributed by atoms with Gasteiger partial charge in [-0.2, -0.15) is 5.10 Å². The molecule has 2 aliphatic rings. The molecule has 2 aliphatic heterocycles. The van der Waals surface area contributed by atoms with Crippen LogP contribution < -0.4 is 0 Å². The predicted molar refractivity (Wildman–Crippen MR) is 78.6 cm³/mol. The van der Waals surface area contributed by atoms with E-state index in [1.54, 1.807) is 0 Å². The van der Waals surface area contributed by atoms with Crippen molar-refractivity contribution in [3.8, 4) is 0 Å². The van der Waals surface area contributed by atoms with E-state index in [1.165, 1.54) is 12.8 Å². The van der Waals surface area contributed by atoms with Gasteiger partial charge in [0.05, 0.1) is 12.1 Å². The van der Waals surface area contributed by atoms with Crippen LogP contribution in [0, 0.1) is 5.92 Å². The third kappa shape index (κ3) is 2.53. The van der Waals surface area contributed by atoms with Gasteiger partial charge in [0.25, 0.3) is 0 Å². The van der Waals surface area contributed by atoms with E-state index in [2.05, 4.69) is 30.9 Å². The van der Waals surface area contributed by atoms with E-state index in [4.69, 9.17) is 0 Å². The smallest absolute Gasteiger partial charge is 0.142 e. The van der Waals surface area contributed by atoms with Gasteiger partial charge >= 0.3 is 0 Å². The average Bonchev–Trinajstić information content (AvgIpc) is 2.92. The van der Waals surface area contributed by atoms with Crippen molar-refractivity contribution in [3.63, 3.8) is 0 Å². The predicted octanol–water partition coefficient (Wildman–Crippen LogP) is 2.45. The molecule has 0 saturated carbocycles. The van der Waals surface area contributed by atoms with Crippen LogP contribution in [-0.4, -0.2) is 39.6 Å². The summed E-state index contributed by atoms with van der Waals surface area (Å²) in [6.45, 7) is 4.21. The lowest BCUT2D eigenvalue weighted by Gasteiger charge is -2.35. The molecule has 0 aliphatic carbocycles. The Morgan fingerprint density at radius 1 is 1.35 bits per heavy atom. The van der Waals surface area contributed by atoms with Crippen molar-refractivity contribution in [1.82, 2.24) is 14.7 Å². The minimum Gasteiger partial charge on any atom is -0.300 e. The number of fused-ring (bicyclic) bond motifs is 2. The number of ketones is 1. The van der Waals surface area contributed by atoms with Gasteiger partial charge in [-0.25, -0.2) is 0 Å².